The Kier molecular flexibility index (Phi) is 5.13. The molecule has 122 valence electrons. The summed E-state index contributed by atoms with van der Waals surface area (Å²) in [6, 6.07) is 8.47. The Bertz CT molecular complexity index is 757. The highest BCUT2D eigenvalue weighted by atomic mass is 35.5. The van der Waals surface area contributed by atoms with Crippen LogP contribution in [0.4, 0.5) is 5.13 Å². The molecule has 3 heterocycles. The lowest BCUT2D eigenvalue weighted by atomic mass is 10.2. The number of nitrogens with zero attached hydrogens (tertiary/aromatic N) is 3. The number of aromatic nitrogens is 2. The third kappa shape index (κ3) is 3.49. The molecule has 3 aromatic rings. The number of halogens is 1. The molecule has 2 N–H and O–H groups in total. The minimum absolute atomic E-state index is 0. The second-order valence-electron chi connectivity index (χ2n) is 5.25. The van der Waals surface area contributed by atoms with Crippen LogP contribution in [0.25, 0.3) is 10.2 Å². The van der Waals surface area contributed by atoms with Gasteiger partial charge in [-0.2, -0.15) is 0 Å². The van der Waals surface area contributed by atoms with Crippen molar-refractivity contribution < 1.29 is 4.74 Å². The minimum Gasteiger partial charge on any atom is -0.378 e. The molecule has 1 saturated heterocycles. The van der Waals surface area contributed by atoms with Crippen molar-refractivity contribution in [2.45, 2.75) is 12.6 Å². The average molecular weight is 369 g/mol. The van der Waals surface area contributed by atoms with E-state index in [9.17, 15) is 0 Å². The predicted molar refractivity (Wildman–Crippen MR) is 97.4 cm³/mol. The minimum atomic E-state index is 0. The van der Waals surface area contributed by atoms with Crippen molar-refractivity contribution in [2.75, 3.05) is 25.5 Å². The topological polar surface area (TPSA) is 64.3 Å². The highest BCUT2D eigenvalue weighted by Gasteiger charge is 2.27. The number of benzene rings is 1. The molecule has 0 radical (unpaired) electrons. The van der Waals surface area contributed by atoms with E-state index in [4.69, 9.17) is 15.5 Å². The third-order valence-corrected chi connectivity index (χ3v) is 5.71. The summed E-state index contributed by atoms with van der Waals surface area (Å²) >= 11 is 3.30. The lowest BCUT2D eigenvalue weighted by molar-refractivity contribution is -0.0122. The van der Waals surface area contributed by atoms with Crippen LogP contribution in [0.1, 0.15) is 15.9 Å². The number of ether oxygens (including phenoxy) is 1. The highest BCUT2D eigenvalue weighted by molar-refractivity contribution is 7.18. The largest absolute Gasteiger partial charge is 0.378 e. The van der Waals surface area contributed by atoms with E-state index in [1.54, 1.807) is 22.7 Å². The zero-order valence-electron chi connectivity index (χ0n) is 12.3. The Morgan fingerprint density at radius 1 is 1.30 bits per heavy atom. The van der Waals surface area contributed by atoms with Crippen LogP contribution >= 0.6 is 35.1 Å². The van der Waals surface area contributed by atoms with Crippen LogP contribution in [-0.4, -0.2) is 34.6 Å². The summed E-state index contributed by atoms with van der Waals surface area (Å²) in [6.45, 7) is 3.20. The monoisotopic (exact) mass is 368 g/mol. The zero-order chi connectivity index (χ0) is 14.9. The summed E-state index contributed by atoms with van der Waals surface area (Å²) < 4.78 is 6.92. The number of thiazole rings is 2. The molecule has 2 aromatic heterocycles. The van der Waals surface area contributed by atoms with Gasteiger partial charge in [-0.15, -0.1) is 35.1 Å². The standard InChI is InChI=1S/C15H16N4OS2.ClH/c16-15-17-7-10(21-15)8-19-5-6-20-9-12(19)14-18-11-3-1-2-4-13(11)22-14;/h1-4,7,12H,5-6,8-9H2,(H2,16,17);1H. The fourth-order valence-electron chi connectivity index (χ4n) is 2.68. The number of para-hydroxylation sites is 1. The molecule has 1 unspecified atom stereocenters. The van der Waals surface area contributed by atoms with E-state index in [0.29, 0.717) is 11.7 Å². The maximum atomic E-state index is 5.73. The number of nitrogens with two attached hydrogens (primary N) is 1. The lowest BCUT2D eigenvalue weighted by Crippen LogP contribution is -2.38. The third-order valence-electron chi connectivity index (χ3n) is 3.77. The molecule has 8 heteroatoms. The number of hydrogen-bond acceptors (Lipinski definition) is 7. The summed E-state index contributed by atoms with van der Waals surface area (Å²) in [7, 11) is 0. The summed E-state index contributed by atoms with van der Waals surface area (Å²) in [5, 5.41) is 1.75. The van der Waals surface area contributed by atoms with Crippen LogP contribution in [0.2, 0.25) is 0 Å². The van der Waals surface area contributed by atoms with Gasteiger partial charge in [0, 0.05) is 24.2 Å². The molecule has 0 aliphatic carbocycles. The number of hydrogen-bond donors (Lipinski definition) is 1. The van der Waals surface area contributed by atoms with Gasteiger partial charge in [0.2, 0.25) is 0 Å². The zero-order valence-corrected chi connectivity index (χ0v) is 14.8. The van der Waals surface area contributed by atoms with Crippen molar-refractivity contribution in [1.29, 1.82) is 0 Å². The smallest absolute Gasteiger partial charge is 0.180 e. The second-order valence-corrected chi connectivity index (χ2v) is 7.45. The first-order chi connectivity index (χ1) is 10.8. The van der Waals surface area contributed by atoms with Crippen molar-refractivity contribution in [3.8, 4) is 0 Å². The molecule has 4 rings (SSSR count). The summed E-state index contributed by atoms with van der Waals surface area (Å²) in [5.74, 6) is 0. The first kappa shape index (κ1) is 16.6. The van der Waals surface area contributed by atoms with Crippen LogP contribution < -0.4 is 5.73 Å². The van der Waals surface area contributed by atoms with Gasteiger partial charge in [-0.25, -0.2) is 9.97 Å². The normalized spacial score (nSPS) is 18.9. The highest BCUT2D eigenvalue weighted by Crippen LogP contribution is 2.32. The number of fused-ring (bicyclic) bond motifs is 1. The van der Waals surface area contributed by atoms with Gasteiger partial charge < -0.3 is 10.5 Å². The molecule has 0 bridgehead atoms. The first-order valence-corrected chi connectivity index (χ1v) is 8.80. The van der Waals surface area contributed by atoms with Gasteiger partial charge in [0.25, 0.3) is 0 Å². The van der Waals surface area contributed by atoms with E-state index in [1.807, 2.05) is 12.3 Å². The molecule has 1 fully saturated rings. The Hall–Kier alpha value is -1.25. The fraction of sp³-hybridized carbons (Fsp3) is 0.333. The van der Waals surface area contributed by atoms with Crippen molar-refractivity contribution in [3.63, 3.8) is 0 Å². The molecule has 0 spiro atoms. The van der Waals surface area contributed by atoms with Crippen molar-refractivity contribution in [3.05, 3.63) is 40.3 Å². The Morgan fingerprint density at radius 2 is 2.17 bits per heavy atom. The van der Waals surface area contributed by atoms with Gasteiger partial charge in [0.1, 0.15) is 5.01 Å². The van der Waals surface area contributed by atoms with Crippen molar-refractivity contribution >= 4 is 50.4 Å². The summed E-state index contributed by atoms with van der Waals surface area (Å²) in [5.41, 5.74) is 6.80. The average Bonchev–Trinajstić information content (AvgIpc) is 3.14. The SMILES string of the molecule is Cl.Nc1ncc(CN2CCOCC2c2nc3ccccc3s2)s1. The van der Waals surface area contributed by atoms with Gasteiger partial charge in [-0.05, 0) is 12.1 Å². The quantitative estimate of drug-likeness (QED) is 0.768. The second kappa shape index (κ2) is 7.11. The van der Waals surface area contributed by atoms with Gasteiger partial charge in [0.05, 0.1) is 29.5 Å². The Morgan fingerprint density at radius 3 is 2.96 bits per heavy atom. The lowest BCUT2D eigenvalue weighted by Gasteiger charge is -2.33. The number of nitrogen functional groups attached to an aromatic ring is 1. The van der Waals surface area contributed by atoms with Gasteiger partial charge >= 0.3 is 0 Å². The van der Waals surface area contributed by atoms with Gasteiger partial charge in [-0.3, -0.25) is 4.90 Å². The van der Waals surface area contributed by atoms with Crippen LogP contribution in [0.3, 0.4) is 0 Å². The van der Waals surface area contributed by atoms with Crippen LogP contribution in [-0.2, 0) is 11.3 Å². The number of morpholine rings is 1. The summed E-state index contributed by atoms with van der Waals surface area (Å²) in [4.78, 5) is 12.5. The van der Waals surface area contributed by atoms with Crippen LogP contribution in [0.15, 0.2) is 30.5 Å². The Balaban J connectivity index is 0.00000156. The maximum Gasteiger partial charge on any atom is 0.180 e. The van der Waals surface area contributed by atoms with Crippen molar-refractivity contribution in [1.82, 2.24) is 14.9 Å². The van der Waals surface area contributed by atoms with E-state index in [1.165, 1.54) is 9.58 Å². The summed E-state index contributed by atoms with van der Waals surface area (Å²) in [6.07, 6.45) is 1.87. The number of anilines is 1. The van der Waals surface area contributed by atoms with E-state index < -0.39 is 0 Å². The van der Waals surface area contributed by atoms with Gasteiger partial charge in [-0.1, -0.05) is 12.1 Å². The molecular weight excluding hydrogens is 352 g/mol. The van der Waals surface area contributed by atoms with E-state index in [0.717, 1.165) is 30.2 Å². The number of rotatable bonds is 3. The van der Waals surface area contributed by atoms with E-state index in [-0.39, 0.29) is 18.4 Å². The predicted octanol–water partition coefficient (Wildman–Crippen LogP) is 3.33. The molecule has 23 heavy (non-hydrogen) atoms. The molecule has 1 aliphatic rings. The van der Waals surface area contributed by atoms with Crippen LogP contribution in [0, 0.1) is 0 Å². The first-order valence-electron chi connectivity index (χ1n) is 7.17. The molecule has 0 saturated carbocycles. The molecule has 5 nitrogen and oxygen atoms in total. The molecule has 1 aliphatic heterocycles. The molecule has 1 atom stereocenters. The van der Waals surface area contributed by atoms with Crippen molar-refractivity contribution in [2.24, 2.45) is 0 Å². The Labute approximate surface area is 148 Å². The maximum absolute atomic E-state index is 5.73. The van der Waals surface area contributed by atoms with E-state index in [2.05, 4.69) is 28.1 Å². The van der Waals surface area contributed by atoms with Crippen LogP contribution in [0.5, 0.6) is 0 Å². The molecule has 1 aromatic carbocycles. The molecule has 0 amide bonds. The molecular formula is C15H17ClN4OS2. The van der Waals surface area contributed by atoms with Gasteiger partial charge in [0.15, 0.2) is 5.13 Å². The fourth-order valence-corrected chi connectivity index (χ4v) is 4.48. The van der Waals surface area contributed by atoms with E-state index >= 15 is 0 Å².